The van der Waals surface area contributed by atoms with E-state index in [1.54, 1.807) is 6.07 Å². The van der Waals surface area contributed by atoms with E-state index in [2.05, 4.69) is 45.2 Å². The van der Waals surface area contributed by atoms with Crippen LogP contribution in [0.1, 0.15) is 49.1 Å². The molecule has 30 heavy (non-hydrogen) atoms. The molecule has 0 radical (unpaired) electrons. The van der Waals surface area contributed by atoms with E-state index >= 15 is 0 Å². The highest BCUT2D eigenvalue weighted by Crippen LogP contribution is 2.33. The van der Waals surface area contributed by atoms with Crippen molar-refractivity contribution < 1.29 is 4.39 Å². The number of hydrogen-bond donors (Lipinski definition) is 1. The minimum atomic E-state index is -0.142. The van der Waals surface area contributed by atoms with Gasteiger partial charge in [-0.2, -0.15) is 0 Å². The van der Waals surface area contributed by atoms with Crippen molar-refractivity contribution >= 4 is 16.6 Å². The zero-order valence-electron chi connectivity index (χ0n) is 17.7. The number of H-pyrrole nitrogens is 1. The minimum Gasteiger partial charge on any atom is -0.371 e. The molecule has 0 bridgehead atoms. The van der Waals surface area contributed by atoms with Gasteiger partial charge in [-0.3, -0.25) is 0 Å². The van der Waals surface area contributed by atoms with Crippen LogP contribution < -0.4 is 4.90 Å². The molecule has 3 nitrogen and oxygen atoms in total. The van der Waals surface area contributed by atoms with Crippen LogP contribution in [0, 0.1) is 5.82 Å². The van der Waals surface area contributed by atoms with Crippen LogP contribution in [0.25, 0.3) is 10.9 Å². The summed E-state index contributed by atoms with van der Waals surface area (Å²) in [7, 11) is 0. The first-order valence-electron chi connectivity index (χ1n) is 11.6. The molecule has 0 amide bonds. The van der Waals surface area contributed by atoms with Crippen molar-refractivity contribution in [3.63, 3.8) is 0 Å². The number of aryl methyl sites for hydroxylation is 1. The SMILES string of the molecule is Fc1ccc2[nH]cc(C3CCN(CCCCN4CCCc5ccccc54)CC3)c2c1. The van der Waals surface area contributed by atoms with E-state index < -0.39 is 0 Å². The van der Waals surface area contributed by atoms with Crippen molar-refractivity contribution in [1.29, 1.82) is 0 Å². The summed E-state index contributed by atoms with van der Waals surface area (Å²) < 4.78 is 13.7. The van der Waals surface area contributed by atoms with Crippen LogP contribution in [0.3, 0.4) is 0 Å². The molecule has 158 valence electrons. The molecule has 0 aliphatic carbocycles. The van der Waals surface area contributed by atoms with Crippen molar-refractivity contribution in [1.82, 2.24) is 9.88 Å². The first-order valence-corrected chi connectivity index (χ1v) is 11.6. The third-order valence-electron chi connectivity index (χ3n) is 7.06. The monoisotopic (exact) mass is 405 g/mol. The maximum atomic E-state index is 13.7. The van der Waals surface area contributed by atoms with E-state index in [1.807, 2.05) is 6.07 Å². The second-order valence-corrected chi connectivity index (χ2v) is 8.98. The number of nitrogens with zero attached hydrogens (tertiary/aromatic N) is 2. The van der Waals surface area contributed by atoms with Gasteiger partial charge in [-0.25, -0.2) is 4.39 Å². The minimum absolute atomic E-state index is 0.142. The lowest BCUT2D eigenvalue weighted by molar-refractivity contribution is 0.209. The lowest BCUT2D eigenvalue weighted by Gasteiger charge is -2.33. The molecular weight excluding hydrogens is 373 g/mol. The number of para-hydroxylation sites is 1. The Morgan fingerprint density at radius 2 is 1.80 bits per heavy atom. The van der Waals surface area contributed by atoms with Crippen LogP contribution in [0.15, 0.2) is 48.7 Å². The van der Waals surface area contributed by atoms with Gasteiger partial charge in [0.15, 0.2) is 0 Å². The Morgan fingerprint density at radius 3 is 2.70 bits per heavy atom. The highest BCUT2D eigenvalue weighted by molar-refractivity contribution is 5.83. The maximum absolute atomic E-state index is 13.7. The predicted octanol–water partition coefficient (Wildman–Crippen LogP) is 5.72. The summed E-state index contributed by atoms with van der Waals surface area (Å²) in [5.41, 5.74) is 5.32. The maximum Gasteiger partial charge on any atom is 0.123 e. The smallest absolute Gasteiger partial charge is 0.123 e. The van der Waals surface area contributed by atoms with Crippen molar-refractivity contribution in [3.8, 4) is 0 Å². The third kappa shape index (κ3) is 4.11. The summed E-state index contributed by atoms with van der Waals surface area (Å²) >= 11 is 0. The molecule has 1 fully saturated rings. The molecule has 3 heterocycles. The average molecular weight is 406 g/mol. The van der Waals surface area contributed by atoms with Crippen molar-refractivity contribution in [2.75, 3.05) is 37.6 Å². The summed E-state index contributed by atoms with van der Waals surface area (Å²) in [5.74, 6) is 0.402. The number of rotatable bonds is 6. The molecule has 0 atom stereocenters. The molecule has 5 rings (SSSR count). The van der Waals surface area contributed by atoms with Gasteiger partial charge in [-0.05, 0) is 99.5 Å². The van der Waals surface area contributed by atoms with Crippen molar-refractivity contribution in [2.45, 2.75) is 44.4 Å². The number of aromatic nitrogens is 1. The standard InChI is InChI=1S/C26H32FN3/c27-22-9-10-25-23(18-22)24(19-28-25)20-11-16-29(17-12-20)13-3-4-14-30-15-5-7-21-6-1-2-8-26(21)30/h1-2,6,8-10,18-20,28H,3-5,7,11-17H2. The van der Waals surface area contributed by atoms with Gasteiger partial charge in [-0.1, -0.05) is 18.2 Å². The number of piperidine rings is 1. The Balaban J connectivity index is 1.09. The van der Waals surface area contributed by atoms with Gasteiger partial charge in [0.2, 0.25) is 0 Å². The van der Waals surface area contributed by atoms with E-state index in [1.165, 1.54) is 81.0 Å². The number of hydrogen-bond acceptors (Lipinski definition) is 2. The lowest BCUT2D eigenvalue weighted by Crippen LogP contribution is -2.34. The Morgan fingerprint density at radius 1 is 0.967 bits per heavy atom. The fourth-order valence-corrected chi connectivity index (χ4v) is 5.40. The molecule has 2 aliphatic heterocycles. The van der Waals surface area contributed by atoms with Crippen LogP contribution in [0.2, 0.25) is 0 Å². The van der Waals surface area contributed by atoms with E-state index in [4.69, 9.17) is 0 Å². The predicted molar refractivity (Wildman–Crippen MR) is 123 cm³/mol. The Hall–Kier alpha value is -2.33. The average Bonchev–Trinajstić information content (AvgIpc) is 3.20. The molecule has 1 N–H and O–H groups in total. The van der Waals surface area contributed by atoms with E-state index in [9.17, 15) is 4.39 Å². The molecular formula is C26H32FN3. The zero-order valence-corrected chi connectivity index (χ0v) is 17.7. The molecule has 4 heteroatoms. The van der Waals surface area contributed by atoms with Crippen LogP contribution in [0.5, 0.6) is 0 Å². The fourth-order valence-electron chi connectivity index (χ4n) is 5.40. The van der Waals surface area contributed by atoms with Gasteiger partial charge in [0.1, 0.15) is 5.82 Å². The molecule has 0 unspecified atom stereocenters. The quantitative estimate of drug-likeness (QED) is 0.530. The fraction of sp³-hybridized carbons (Fsp3) is 0.462. The van der Waals surface area contributed by atoms with Crippen molar-refractivity contribution in [3.05, 3.63) is 65.6 Å². The number of nitrogens with one attached hydrogen (secondary N) is 1. The third-order valence-corrected chi connectivity index (χ3v) is 7.06. The second kappa shape index (κ2) is 8.81. The summed E-state index contributed by atoms with van der Waals surface area (Å²) in [5, 5.41) is 1.07. The lowest BCUT2D eigenvalue weighted by atomic mass is 9.89. The van der Waals surface area contributed by atoms with Crippen molar-refractivity contribution in [2.24, 2.45) is 0 Å². The summed E-state index contributed by atoms with van der Waals surface area (Å²) in [6.45, 7) is 5.88. The Kier molecular flexibility index (Phi) is 5.76. The Bertz CT molecular complexity index is 987. The molecule has 1 saturated heterocycles. The number of halogens is 1. The molecule has 3 aromatic rings. The van der Waals surface area contributed by atoms with E-state index in [0.717, 1.165) is 24.0 Å². The molecule has 0 saturated carbocycles. The van der Waals surface area contributed by atoms with Crippen LogP contribution >= 0.6 is 0 Å². The molecule has 2 aliphatic rings. The van der Waals surface area contributed by atoms with Crippen LogP contribution in [-0.2, 0) is 6.42 Å². The molecule has 1 aromatic heterocycles. The number of likely N-dealkylation sites (tertiary alicyclic amines) is 1. The van der Waals surface area contributed by atoms with Crippen LogP contribution in [0.4, 0.5) is 10.1 Å². The number of anilines is 1. The van der Waals surface area contributed by atoms with Gasteiger partial charge in [0.25, 0.3) is 0 Å². The van der Waals surface area contributed by atoms with Gasteiger partial charge < -0.3 is 14.8 Å². The van der Waals surface area contributed by atoms with E-state index in [0.29, 0.717) is 5.92 Å². The number of unbranched alkanes of at least 4 members (excludes halogenated alkanes) is 1. The molecule has 0 spiro atoms. The van der Waals surface area contributed by atoms with Gasteiger partial charge in [0, 0.05) is 35.9 Å². The number of aromatic amines is 1. The topological polar surface area (TPSA) is 22.3 Å². The Labute approximate surface area is 178 Å². The highest BCUT2D eigenvalue weighted by Gasteiger charge is 2.23. The number of benzene rings is 2. The van der Waals surface area contributed by atoms with Gasteiger partial charge in [-0.15, -0.1) is 0 Å². The van der Waals surface area contributed by atoms with Gasteiger partial charge in [0.05, 0.1) is 0 Å². The zero-order chi connectivity index (χ0) is 20.3. The molecule has 2 aromatic carbocycles. The highest BCUT2D eigenvalue weighted by atomic mass is 19.1. The van der Waals surface area contributed by atoms with E-state index in [-0.39, 0.29) is 5.82 Å². The first-order chi connectivity index (χ1) is 14.8. The van der Waals surface area contributed by atoms with Crippen LogP contribution in [-0.4, -0.2) is 42.6 Å². The first kappa shape index (κ1) is 19.6. The largest absolute Gasteiger partial charge is 0.371 e. The number of fused-ring (bicyclic) bond motifs is 2. The summed E-state index contributed by atoms with van der Waals surface area (Å²) in [6, 6.07) is 14.0. The normalized spacial score (nSPS) is 18.1. The second-order valence-electron chi connectivity index (χ2n) is 8.98. The van der Waals surface area contributed by atoms with Gasteiger partial charge >= 0.3 is 0 Å². The summed E-state index contributed by atoms with van der Waals surface area (Å²) in [6.07, 6.45) is 9.47. The summed E-state index contributed by atoms with van der Waals surface area (Å²) in [4.78, 5) is 8.52.